The highest BCUT2D eigenvalue weighted by atomic mass is 19.3. The number of carbonyl (C=O) groups is 1. The van der Waals surface area contributed by atoms with Crippen molar-refractivity contribution in [3.63, 3.8) is 0 Å². The second-order valence-electron chi connectivity index (χ2n) is 10.8. The van der Waals surface area contributed by atoms with Crippen LogP contribution in [0.1, 0.15) is 89.4 Å². The molecular weight excluding hydrogens is 458 g/mol. The lowest BCUT2D eigenvalue weighted by Gasteiger charge is -2.41. The molecule has 0 aromatic carbocycles. The Balaban J connectivity index is 1.22. The van der Waals surface area contributed by atoms with Gasteiger partial charge in [0.15, 0.2) is 11.6 Å². The molecular formula is C24H34F2N6O3. The number of aromatic nitrogens is 4. The van der Waals surface area contributed by atoms with Crippen LogP contribution in [0.5, 0.6) is 5.75 Å². The quantitative estimate of drug-likeness (QED) is 0.641. The first-order valence-electron chi connectivity index (χ1n) is 12.6. The average Bonchev–Trinajstić information content (AvgIpc) is 3.33. The summed E-state index contributed by atoms with van der Waals surface area (Å²) in [4.78, 5) is 19.2. The Kier molecular flexibility index (Phi) is 6.21. The number of nitrogens with zero attached hydrogens (tertiary/aromatic N) is 5. The van der Waals surface area contributed by atoms with Gasteiger partial charge in [0.25, 0.3) is 5.92 Å². The van der Waals surface area contributed by atoms with Crippen molar-refractivity contribution in [1.82, 2.24) is 30.1 Å². The van der Waals surface area contributed by atoms with E-state index >= 15 is 0 Å². The van der Waals surface area contributed by atoms with Gasteiger partial charge in [-0.1, -0.05) is 12.1 Å². The zero-order valence-electron chi connectivity index (χ0n) is 20.5. The van der Waals surface area contributed by atoms with Crippen molar-refractivity contribution in [3.8, 4) is 5.75 Å². The molecule has 2 saturated carbocycles. The molecule has 2 atom stereocenters. The van der Waals surface area contributed by atoms with E-state index in [-0.39, 0.29) is 17.9 Å². The first kappa shape index (κ1) is 24.0. The molecule has 192 valence electrons. The number of likely N-dealkylation sites (tertiary alicyclic amines) is 1. The summed E-state index contributed by atoms with van der Waals surface area (Å²) in [6, 6.07) is -1.76. The first-order chi connectivity index (χ1) is 16.6. The monoisotopic (exact) mass is 492 g/mol. The zero-order valence-corrected chi connectivity index (χ0v) is 20.5. The fraction of sp³-hybridized carbons (Fsp3) is 0.750. The van der Waals surface area contributed by atoms with Gasteiger partial charge in [0.2, 0.25) is 5.89 Å². The lowest BCUT2D eigenvalue weighted by atomic mass is 9.79. The SMILES string of the molecule is CC(C)n1cc(O[C@H]2CCCC(F)(F)[C@@H]2NC(=O)N2CCC(C)(c3noc(C4CC4)n3)CC2)cn1. The standard InChI is InChI=1S/C24H34F2N6O3/c1-15(2)32-14-17(13-27-32)34-18-5-4-8-24(25,26)19(18)28-22(33)31-11-9-23(3,10-12-31)21-29-20(35-30-21)16-6-7-16/h13-16,18-19H,4-12H2,1-3H3,(H,28,33)/t18-,19+/m0/s1. The van der Waals surface area contributed by atoms with E-state index in [1.165, 1.54) is 6.20 Å². The second-order valence-corrected chi connectivity index (χ2v) is 10.8. The summed E-state index contributed by atoms with van der Waals surface area (Å²) in [5.41, 5.74) is -0.301. The summed E-state index contributed by atoms with van der Waals surface area (Å²) < 4.78 is 42.9. The summed E-state index contributed by atoms with van der Waals surface area (Å²) in [7, 11) is 0. The van der Waals surface area contributed by atoms with Crippen LogP contribution in [0.3, 0.4) is 0 Å². The molecule has 2 aromatic rings. The zero-order chi connectivity index (χ0) is 24.8. The molecule has 0 bridgehead atoms. The number of piperidine rings is 1. The highest BCUT2D eigenvalue weighted by molar-refractivity contribution is 5.75. The van der Waals surface area contributed by atoms with Crippen LogP contribution in [0.4, 0.5) is 13.6 Å². The van der Waals surface area contributed by atoms with E-state index in [9.17, 15) is 13.6 Å². The van der Waals surface area contributed by atoms with Crippen molar-refractivity contribution < 1.29 is 22.8 Å². The van der Waals surface area contributed by atoms with E-state index in [1.54, 1.807) is 15.8 Å². The smallest absolute Gasteiger partial charge is 0.317 e. The van der Waals surface area contributed by atoms with Crippen molar-refractivity contribution in [2.24, 2.45) is 0 Å². The van der Waals surface area contributed by atoms with Gasteiger partial charge in [-0.2, -0.15) is 10.1 Å². The van der Waals surface area contributed by atoms with Gasteiger partial charge in [0.1, 0.15) is 12.1 Å². The largest absolute Gasteiger partial charge is 0.485 e. The molecule has 2 aliphatic carbocycles. The Hall–Kier alpha value is -2.72. The van der Waals surface area contributed by atoms with Crippen LogP contribution < -0.4 is 10.1 Å². The van der Waals surface area contributed by atoms with Crippen molar-refractivity contribution in [1.29, 1.82) is 0 Å². The topological polar surface area (TPSA) is 98.3 Å². The van der Waals surface area contributed by atoms with Gasteiger partial charge in [0.05, 0.1) is 12.4 Å². The molecule has 1 N–H and O–H groups in total. The summed E-state index contributed by atoms with van der Waals surface area (Å²) in [5.74, 6) is -0.863. The minimum atomic E-state index is -3.05. The third-order valence-corrected chi connectivity index (χ3v) is 7.56. The third kappa shape index (κ3) is 4.99. The fourth-order valence-electron chi connectivity index (χ4n) is 4.92. The van der Waals surface area contributed by atoms with Gasteiger partial charge >= 0.3 is 6.03 Å². The maximum Gasteiger partial charge on any atom is 0.317 e. The minimum Gasteiger partial charge on any atom is -0.485 e. The molecule has 5 rings (SSSR count). The predicted molar refractivity (Wildman–Crippen MR) is 123 cm³/mol. The Bertz CT molecular complexity index is 1040. The summed E-state index contributed by atoms with van der Waals surface area (Å²) in [6.07, 6.45) is 6.35. The molecule has 2 aromatic heterocycles. The first-order valence-corrected chi connectivity index (χ1v) is 12.6. The lowest BCUT2D eigenvalue weighted by Crippen LogP contribution is -2.61. The van der Waals surface area contributed by atoms with Crippen molar-refractivity contribution in [3.05, 3.63) is 24.1 Å². The highest BCUT2D eigenvalue weighted by Gasteiger charge is 2.50. The highest BCUT2D eigenvalue weighted by Crippen LogP contribution is 2.41. The number of alkyl halides is 2. The van der Waals surface area contributed by atoms with Crippen LogP contribution in [0.2, 0.25) is 0 Å². The van der Waals surface area contributed by atoms with Crippen LogP contribution in [-0.2, 0) is 5.41 Å². The number of urea groups is 1. The van der Waals surface area contributed by atoms with Crippen molar-refractivity contribution in [2.75, 3.05) is 13.1 Å². The van der Waals surface area contributed by atoms with Gasteiger partial charge in [0, 0.05) is 36.9 Å². The van der Waals surface area contributed by atoms with Gasteiger partial charge < -0.3 is 19.5 Å². The van der Waals surface area contributed by atoms with E-state index in [0.29, 0.717) is 62.2 Å². The van der Waals surface area contributed by atoms with Crippen LogP contribution in [-0.4, -0.2) is 62.0 Å². The number of ether oxygens (including phenoxy) is 1. The predicted octanol–water partition coefficient (Wildman–Crippen LogP) is 4.42. The number of rotatable bonds is 6. The lowest BCUT2D eigenvalue weighted by molar-refractivity contribution is -0.0986. The molecule has 1 aliphatic heterocycles. The summed E-state index contributed by atoms with van der Waals surface area (Å²) in [6.45, 7) is 6.88. The minimum absolute atomic E-state index is 0.133. The number of halogens is 2. The molecule has 35 heavy (non-hydrogen) atoms. The molecule has 3 aliphatic rings. The van der Waals surface area contributed by atoms with E-state index in [0.717, 1.165) is 12.8 Å². The second kappa shape index (κ2) is 9.05. The Morgan fingerprint density at radius 3 is 2.63 bits per heavy atom. The average molecular weight is 493 g/mol. The van der Waals surface area contributed by atoms with Crippen molar-refractivity contribution >= 4 is 6.03 Å². The van der Waals surface area contributed by atoms with Crippen LogP contribution >= 0.6 is 0 Å². The van der Waals surface area contributed by atoms with E-state index in [2.05, 4.69) is 27.5 Å². The number of hydrogen-bond donors (Lipinski definition) is 1. The Labute approximate surface area is 203 Å². The molecule has 2 amide bonds. The van der Waals surface area contributed by atoms with Gasteiger partial charge in [-0.05, 0) is 52.4 Å². The Morgan fingerprint density at radius 2 is 1.97 bits per heavy atom. The summed E-state index contributed by atoms with van der Waals surface area (Å²) >= 11 is 0. The molecule has 9 nitrogen and oxygen atoms in total. The van der Waals surface area contributed by atoms with Gasteiger partial charge in [-0.25, -0.2) is 13.6 Å². The maximum absolute atomic E-state index is 14.9. The molecule has 0 spiro atoms. The molecule has 1 saturated heterocycles. The van der Waals surface area contributed by atoms with Crippen LogP contribution in [0.15, 0.2) is 16.9 Å². The van der Waals surface area contributed by atoms with E-state index in [1.807, 2.05) is 13.8 Å². The molecule has 0 radical (unpaired) electrons. The fourth-order valence-corrected chi connectivity index (χ4v) is 4.92. The summed E-state index contributed by atoms with van der Waals surface area (Å²) in [5, 5.41) is 11.0. The Morgan fingerprint density at radius 1 is 1.23 bits per heavy atom. The van der Waals surface area contributed by atoms with Crippen LogP contribution in [0, 0.1) is 0 Å². The number of carbonyl (C=O) groups excluding carboxylic acids is 1. The molecule has 3 heterocycles. The third-order valence-electron chi connectivity index (χ3n) is 7.56. The number of amides is 2. The molecule has 11 heteroatoms. The molecule has 0 unspecified atom stereocenters. The van der Waals surface area contributed by atoms with Gasteiger partial charge in [-0.3, -0.25) is 4.68 Å². The van der Waals surface area contributed by atoms with E-state index in [4.69, 9.17) is 9.26 Å². The molecule has 3 fully saturated rings. The van der Waals surface area contributed by atoms with Gasteiger partial charge in [-0.15, -0.1) is 0 Å². The normalized spacial score (nSPS) is 26.1. The number of nitrogens with one attached hydrogen (secondary N) is 1. The van der Waals surface area contributed by atoms with Crippen molar-refractivity contribution in [2.45, 2.75) is 101 Å². The van der Waals surface area contributed by atoms with Crippen LogP contribution in [0.25, 0.3) is 0 Å². The van der Waals surface area contributed by atoms with E-state index < -0.39 is 24.1 Å². The number of hydrogen-bond acceptors (Lipinski definition) is 6. The maximum atomic E-state index is 14.9.